The van der Waals surface area contributed by atoms with Gasteiger partial charge in [0.1, 0.15) is 0 Å². The zero-order valence-electron chi connectivity index (χ0n) is 21.6. The summed E-state index contributed by atoms with van der Waals surface area (Å²) >= 11 is 0. The molecule has 0 saturated heterocycles. The zero-order valence-corrected chi connectivity index (χ0v) is 23.5. The van der Waals surface area contributed by atoms with Crippen molar-refractivity contribution in [2.45, 2.75) is 77.3 Å². The van der Waals surface area contributed by atoms with Crippen LogP contribution in [-0.4, -0.2) is 35.7 Å². The number of rotatable bonds is 10. The molecule has 0 spiro atoms. The molecule has 0 amide bonds. The molecule has 0 unspecified atom stereocenters. The van der Waals surface area contributed by atoms with E-state index in [2.05, 4.69) is 69.3 Å². The fourth-order valence-corrected chi connectivity index (χ4v) is 11.7. The molecule has 188 valence electrons. The van der Waals surface area contributed by atoms with Gasteiger partial charge in [-0.1, -0.05) is 109 Å². The minimum Gasteiger partial charge on any atom is -0.404 e. The molecule has 1 fully saturated rings. The Morgan fingerprint density at radius 3 is 1.59 bits per heavy atom. The summed E-state index contributed by atoms with van der Waals surface area (Å²) in [6, 6.07) is 20.8. The van der Waals surface area contributed by atoms with Crippen LogP contribution in [0.1, 0.15) is 61.3 Å². The molecule has 0 aromatic heterocycles. The average Bonchev–Trinajstić information content (AvgIpc) is 3.51. The normalized spacial score (nSPS) is 16.8. The van der Waals surface area contributed by atoms with Gasteiger partial charge in [0.25, 0.3) is 8.32 Å². The van der Waals surface area contributed by atoms with E-state index in [1.807, 2.05) is 39.8 Å². The lowest BCUT2D eigenvalue weighted by atomic mass is 9.94. The molecule has 5 nitrogen and oxygen atoms in total. The second kappa shape index (κ2) is 9.65. The van der Waals surface area contributed by atoms with Gasteiger partial charge in [-0.3, -0.25) is 4.57 Å². The van der Waals surface area contributed by atoms with E-state index in [1.165, 1.54) is 10.4 Å². The molecule has 2 aromatic carbocycles. The summed E-state index contributed by atoms with van der Waals surface area (Å²) in [4.78, 5) is 20.9. The minimum absolute atomic E-state index is 0.178. The van der Waals surface area contributed by atoms with E-state index >= 15 is 0 Å². The van der Waals surface area contributed by atoms with E-state index in [0.717, 1.165) is 12.8 Å². The smallest absolute Gasteiger partial charge is 0.357 e. The van der Waals surface area contributed by atoms with Gasteiger partial charge in [0, 0.05) is 0 Å². The first-order valence-electron chi connectivity index (χ1n) is 12.2. The SMILES string of the molecule is CC(C)C(OC1(CO[Si](c2ccccc2)(c2ccccc2)C(C)(C)C)CC1)(C(C)C)P(=O)(O)O. The standard InChI is InChI=1S/C27H41O5PSi/c1-21(2)27(22(3)4,33(28,29)30)32-26(18-19-26)20-31-34(25(5,6)7,23-14-10-8-11-15-23)24-16-12-9-13-17-24/h8-17,21-22H,18-20H2,1-7H3,(H2,28,29,30). The highest BCUT2D eigenvalue weighted by Gasteiger charge is 2.61. The predicted octanol–water partition coefficient (Wildman–Crippen LogP) is 5.30. The third-order valence-electron chi connectivity index (χ3n) is 7.27. The third kappa shape index (κ3) is 4.86. The van der Waals surface area contributed by atoms with Crippen molar-refractivity contribution in [3.05, 3.63) is 60.7 Å². The first-order chi connectivity index (χ1) is 15.7. The van der Waals surface area contributed by atoms with Gasteiger partial charge in [0.15, 0.2) is 5.34 Å². The molecular weight excluding hydrogens is 463 g/mol. The quantitative estimate of drug-likeness (QED) is 0.339. The Kier molecular flexibility index (Phi) is 7.75. The predicted molar refractivity (Wildman–Crippen MR) is 141 cm³/mol. The van der Waals surface area contributed by atoms with Crippen molar-refractivity contribution in [1.29, 1.82) is 0 Å². The molecule has 7 heteroatoms. The van der Waals surface area contributed by atoms with Gasteiger partial charge < -0.3 is 18.9 Å². The molecule has 1 saturated carbocycles. The van der Waals surface area contributed by atoms with Crippen molar-refractivity contribution in [1.82, 2.24) is 0 Å². The largest absolute Gasteiger partial charge is 0.404 e. The summed E-state index contributed by atoms with van der Waals surface area (Å²) in [5.41, 5.74) is -0.692. The molecule has 2 aromatic rings. The second-order valence-corrected chi connectivity index (χ2v) is 17.4. The van der Waals surface area contributed by atoms with Gasteiger partial charge in [-0.05, 0) is 40.1 Å². The topological polar surface area (TPSA) is 76.0 Å². The van der Waals surface area contributed by atoms with Crippen LogP contribution in [0.4, 0.5) is 0 Å². The minimum atomic E-state index is -4.55. The van der Waals surface area contributed by atoms with Crippen molar-refractivity contribution in [2.75, 3.05) is 6.61 Å². The molecule has 0 atom stereocenters. The van der Waals surface area contributed by atoms with Crippen LogP contribution in [0.3, 0.4) is 0 Å². The van der Waals surface area contributed by atoms with Crippen molar-refractivity contribution in [3.8, 4) is 0 Å². The first-order valence-corrected chi connectivity index (χ1v) is 15.7. The fourth-order valence-electron chi connectivity index (χ4n) is 5.40. The van der Waals surface area contributed by atoms with Crippen LogP contribution < -0.4 is 10.4 Å². The molecule has 34 heavy (non-hydrogen) atoms. The van der Waals surface area contributed by atoms with Gasteiger partial charge in [-0.25, -0.2) is 0 Å². The van der Waals surface area contributed by atoms with Gasteiger partial charge in [-0.2, -0.15) is 0 Å². The number of benzene rings is 2. The molecule has 0 heterocycles. The third-order valence-corrected chi connectivity index (χ3v) is 14.3. The van der Waals surface area contributed by atoms with E-state index in [-0.39, 0.29) is 16.9 Å². The van der Waals surface area contributed by atoms with Crippen molar-refractivity contribution in [3.63, 3.8) is 0 Å². The Morgan fingerprint density at radius 2 is 1.29 bits per heavy atom. The molecule has 0 radical (unpaired) electrons. The highest BCUT2D eigenvalue weighted by atomic mass is 31.2. The fraction of sp³-hybridized carbons (Fsp3) is 0.556. The second-order valence-electron chi connectivity index (χ2n) is 11.3. The van der Waals surface area contributed by atoms with E-state index in [1.54, 1.807) is 0 Å². The van der Waals surface area contributed by atoms with Gasteiger partial charge in [0.05, 0.1) is 12.2 Å². The summed E-state index contributed by atoms with van der Waals surface area (Å²) in [7, 11) is -7.32. The van der Waals surface area contributed by atoms with Crippen molar-refractivity contribution >= 4 is 26.3 Å². The summed E-state index contributed by atoms with van der Waals surface area (Å²) in [5, 5.41) is 0.637. The molecule has 1 aliphatic rings. The van der Waals surface area contributed by atoms with E-state index in [9.17, 15) is 14.4 Å². The van der Waals surface area contributed by atoms with Crippen LogP contribution in [0.15, 0.2) is 60.7 Å². The van der Waals surface area contributed by atoms with Crippen LogP contribution in [-0.2, 0) is 13.7 Å². The molecule has 3 rings (SSSR count). The van der Waals surface area contributed by atoms with Crippen molar-refractivity contribution in [2.24, 2.45) is 11.8 Å². The number of hydrogen-bond donors (Lipinski definition) is 2. The number of hydrogen-bond acceptors (Lipinski definition) is 3. The molecule has 0 aliphatic heterocycles. The molecule has 0 bridgehead atoms. The molecule has 2 N–H and O–H groups in total. The molecular formula is C27H41O5PSi. The number of ether oxygens (including phenoxy) is 1. The van der Waals surface area contributed by atoms with Gasteiger partial charge >= 0.3 is 7.60 Å². The maximum Gasteiger partial charge on any atom is 0.357 e. The highest BCUT2D eigenvalue weighted by Crippen LogP contribution is 2.63. The van der Waals surface area contributed by atoms with Crippen LogP contribution in [0.5, 0.6) is 0 Å². The summed E-state index contributed by atoms with van der Waals surface area (Å²) in [6.07, 6.45) is 1.46. The Morgan fingerprint density at radius 1 is 0.882 bits per heavy atom. The first kappa shape index (κ1) is 27.3. The average molecular weight is 505 g/mol. The van der Waals surface area contributed by atoms with E-state index in [0.29, 0.717) is 6.61 Å². The maximum absolute atomic E-state index is 12.8. The highest BCUT2D eigenvalue weighted by molar-refractivity contribution is 7.53. The summed E-state index contributed by atoms with van der Waals surface area (Å²) in [6.45, 7) is 14.3. The van der Waals surface area contributed by atoms with Crippen molar-refractivity contribution < 1.29 is 23.5 Å². The summed E-state index contributed by atoms with van der Waals surface area (Å²) in [5.74, 6) is -0.697. The Labute approximate surface area is 206 Å². The Hall–Kier alpha value is -1.27. The Balaban J connectivity index is 2.05. The van der Waals surface area contributed by atoms with Gasteiger partial charge in [0.2, 0.25) is 0 Å². The molecule has 1 aliphatic carbocycles. The van der Waals surface area contributed by atoms with Gasteiger partial charge in [-0.15, -0.1) is 0 Å². The lowest BCUT2D eigenvalue weighted by Crippen LogP contribution is -2.67. The Bertz CT molecular complexity index is 943. The zero-order chi connectivity index (χ0) is 25.4. The van der Waals surface area contributed by atoms with E-state index < -0.39 is 26.9 Å². The maximum atomic E-state index is 12.8. The van der Waals surface area contributed by atoms with Crippen LogP contribution in [0.2, 0.25) is 5.04 Å². The monoisotopic (exact) mass is 504 g/mol. The lowest BCUT2D eigenvalue weighted by Gasteiger charge is -2.46. The van der Waals surface area contributed by atoms with Crippen LogP contribution in [0.25, 0.3) is 0 Å². The van der Waals surface area contributed by atoms with E-state index in [4.69, 9.17) is 9.16 Å². The van der Waals surface area contributed by atoms with Crippen LogP contribution in [0, 0.1) is 11.8 Å². The summed E-state index contributed by atoms with van der Waals surface area (Å²) < 4.78 is 26.4. The lowest BCUT2D eigenvalue weighted by molar-refractivity contribution is -0.130. The van der Waals surface area contributed by atoms with Crippen LogP contribution >= 0.6 is 7.60 Å².